The number of nitrogens with zero attached hydrogens (tertiary/aromatic N) is 2. The van der Waals surface area contributed by atoms with Crippen LogP contribution in [-0.2, 0) is 16.1 Å². The minimum atomic E-state index is -1.04. The highest BCUT2D eigenvalue weighted by Crippen LogP contribution is 2.01. The molecule has 7 heteroatoms. The third-order valence-corrected chi connectivity index (χ3v) is 2.86. The highest BCUT2D eigenvalue weighted by molar-refractivity contribution is 5.86. The quantitative estimate of drug-likeness (QED) is 0.660. The molecule has 2 N–H and O–H groups in total. The van der Waals surface area contributed by atoms with Gasteiger partial charge in [0, 0.05) is 32.9 Å². The van der Waals surface area contributed by atoms with Crippen molar-refractivity contribution in [3.8, 4) is 0 Å². The molecule has 20 heavy (non-hydrogen) atoms. The van der Waals surface area contributed by atoms with E-state index in [1.807, 2.05) is 11.9 Å². The van der Waals surface area contributed by atoms with Gasteiger partial charge in [-0.1, -0.05) is 0 Å². The average molecular weight is 283 g/mol. The van der Waals surface area contributed by atoms with Gasteiger partial charge in [-0.05, 0) is 19.2 Å². The molecular weight excluding hydrogens is 262 g/mol. The Kier molecular flexibility index (Phi) is 6.75. The van der Waals surface area contributed by atoms with Crippen LogP contribution in [0.1, 0.15) is 10.5 Å². The van der Waals surface area contributed by atoms with E-state index in [1.54, 1.807) is 19.4 Å². The molecule has 7 nitrogen and oxygen atoms in total. The second-order valence-electron chi connectivity index (χ2n) is 4.47. The predicted octanol–water partition coefficient (Wildman–Crippen LogP) is -0.119. The van der Waals surface area contributed by atoms with Crippen LogP contribution >= 0.6 is 0 Å². The van der Waals surface area contributed by atoms with Crippen LogP contribution in [0.2, 0.25) is 0 Å². The lowest BCUT2D eigenvalue weighted by atomic mass is 10.4. The molecular formula is C13H21N3O4. The number of carboxylic acid groups (broad SMARTS) is 1. The Bertz CT molecular complexity index is 445. The fraction of sp³-hybridized carbons (Fsp3) is 0.538. The van der Waals surface area contributed by atoms with E-state index < -0.39 is 5.97 Å². The van der Waals surface area contributed by atoms with Crippen LogP contribution in [-0.4, -0.2) is 66.8 Å². The number of hydrogen-bond donors (Lipinski definition) is 2. The van der Waals surface area contributed by atoms with Crippen molar-refractivity contribution in [1.82, 2.24) is 14.8 Å². The summed E-state index contributed by atoms with van der Waals surface area (Å²) in [5, 5.41) is 11.7. The Morgan fingerprint density at radius 3 is 2.85 bits per heavy atom. The van der Waals surface area contributed by atoms with Gasteiger partial charge in [-0.3, -0.25) is 4.79 Å². The van der Waals surface area contributed by atoms with Gasteiger partial charge in [0.1, 0.15) is 12.2 Å². The first-order chi connectivity index (χ1) is 9.54. The molecule has 0 saturated carbocycles. The Labute approximate surface area is 118 Å². The summed E-state index contributed by atoms with van der Waals surface area (Å²) in [6.45, 7) is 2.69. The SMILES string of the molecule is COCCN(C)CCNC(=O)Cn1cccc1C(=O)O. The van der Waals surface area contributed by atoms with Gasteiger partial charge in [0.25, 0.3) is 0 Å². The maximum atomic E-state index is 11.7. The molecule has 0 radical (unpaired) electrons. The monoisotopic (exact) mass is 283 g/mol. The van der Waals surface area contributed by atoms with Gasteiger partial charge >= 0.3 is 5.97 Å². The fourth-order valence-electron chi connectivity index (χ4n) is 1.70. The minimum absolute atomic E-state index is 0.0103. The van der Waals surface area contributed by atoms with Crippen molar-refractivity contribution in [2.24, 2.45) is 0 Å². The van der Waals surface area contributed by atoms with Crippen molar-refractivity contribution in [1.29, 1.82) is 0 Å². The lowest BCUT2D eigenvalue weighted by Crippen LogP contribution is -2.36. The molecule has 1 aromatic rings. The van der Waals surface area contributed by atoms with Crippen molar-refractivity contribution >= 4 is 11.9 Å². The van der Waals surface area contributed by atoms with Crippen LogP contribution in [0, 0.1) is 0 Å². The van der Waals surface area contributed by atoms with Gasteiger partial charge in [-0.25, -0.2) is 4.79 Å². The van der Waals surface area contributed by atoms with E-state index in [4.69, 9.17) is 9.84 Å². The molecule has 1 heterocycles. The van der Waals surface area contributed by atoms with Crippen LogP contribution in [0.25, 0.3) is 0 Å². The van der Waals surface area contributed by atoms with Gasteiger partial charge in [-0.15, -0.1) is 0 Å². The summed E-state index contributed by atoms with van der Waals surface area (Å²) >= 11 is 0. The summed E-state index contributed by atoms with van der Waals surface area (Å²) in [5.41, 5.74) is 0.109. The third-order valence-electron chi connectivity index (χ3n) is 2.86. The summed E-state index contributed by atoms with van der Waals surface area (Å²) in [6, 6.07) is 3.07. The highest BCUT2D eigenvalue weighted by Gasteiger charge is 2.11. The largest absolute Gasteiger partial charge is 0.477 e. The standard InChI is InChI=1S/C13H21N3O4/c1-15(8-9-20-2)7-5-14-12(17)10-16-6-3-4-11(16)13(18)19/h3-4,6H,5,7-10H2,1-2H3,(H,14,17)(H,18,19). The predicted molar refractivity (Wildman–Crippen MR) is 73.8 cm³/mol. The average Bonchev–Trinajstić information content (AvgIpc) is 2.84. The molecule has 0 atom stereocenters. The molecule has 0 aliphatic heterocycles. The van der Waals surface area contributed by atoms with E-state index in [9.17, 15) is 9.59 Å². The zero-order chi connectivity index (χ0) is 15.0. The number of carbonyl (C=O) groups is 2. The van der Waals surface area contributed by atoms with E-state index >= 15 is 0 Å². The molecule has 0 unspecified atom stereocenters. The topological polar surface area (TPSA) is 83.8 Å². The van der Waals surface area contributed by atoms with E-state index in [0.29, 0.717) is 19.7 Å². The molecule has 0 spiro atoms. The summed E-state index contributed by atoms with van der Waals surface area (Å²) in [6.07, 6.45) is 1.58. The molecule has 0 fully saturated rings. The van der Waals surface area contributed by atoms with Gasteiger partial charge in [0.15, 0.2) is 0 Å². The first-order valence-corrected chi connectivity index (χ1v) is 6.37. The Balaban J connectivity index is 2.30. The summed E-state index contributed by atoms with van der Waals surface area (Å²) in [5.74, 6) is -1.24. The number of methoxy groups -OCH3 is 1. The zero-order valence-electron chi connectivity index (χ0n) is 11.8. The second-order valence-corrected chi connectivity index (χ2v) is 4.47. The number of carboxylic acids is 1. The number of amides is 1. The molecule has 1 amide bonds. The maximum Gasteiger partial charge on any atom is 0.352 e. The first kappa shape index (κ1) is 16.2. The first-order valence-electron chi connectivity index (χ1n) is 6.37. The van der Waals surface area contributed by atoms with E-state index in [1.165, 1.54) is 10.6 Å². The number of likely N-dealkylation sites (N-methyl/N-ethyl adjacent to an activating group) is 1. The summed E-state index contributed by atoms with van der Waals surface area (Å²) < 4.78 is 6.37. The van der Waals surface area contributed by atoms with Gasteiger partial charge < -0.3 is 24.6 Å². The van der Waals surface area contributed by atoms with Gasteiger partial charge in [0.2, 0.25) is 5.91 Å². The van der Waals surface area contributed by atoms with Crippen LogP contribution in [0.5, 0.6) is 0 Å². The van der Waals surface area contributed by atoms with Crippen molar-refractivity contribution in [3.63, 3.8) is 0 Å². The summed E-state index contributed by atoms with van der Waals surface area (Å²) in [7, 11) is 3.59. The van der Waals surface area contributed by atoms with Crippen molar-refractivity contribution in [2.75, 3.05) is 40.4 Å². The van der Waals surface area contributed by atoms with Crippen LogP contribution in [0.3, 0.4) is 0 Å². The lowest BCUT2D eigenvalue weighted by Gasteiger charge is -2.16. The van der Waals surface area contributed by atoms with Crippen molar-refractivity contribution in [2.45, 2.75) is 6.54 Å². The smallest absolute Gasteiger partial charge is 0.352 e. The van der Waals surface area contributed by atoms with Crippen LogP contribution < -0.4 is 5.32 Å². The van der Waals surface area contributed by atoms with Gasteiger partial charge in [-0.2, -0.15) is 0 Å². The minimum Gasteiger partial charge on any atom is -0.477 e. The van der Waals surface area contributed by atoms with E-state index in [0.717, 1.165) is 6.54 Å². The highest BCUT2D eigenvalue weighted by atomic mass is 16.5. The van der Waals surface area contributed by atoms with Crippen LogP contribution in [0.4, 0.5) is 0 Å². The number of rotatable bonds is 9. The van der Waals surface area contributed by atoms with Gasteiger partial charge in [0.05, 0.1) is 6.61 Å². The molecule has 1 rings (SSSR count). The number of nitrogens with one attached hydrogen (secondary N) is 1. The normalized spacial score (nSPS) is 10.8. The van der Waals surface area contributed by atoms with Crippen molar-refractivity contribution < 1.29 is 19.4 Å². The lowest BCUT2D eigenvalue weighted by molar-refractivity contribution is -0.121. The number of ether oxygens (including phenoxy) is 1. The maximum absolute atomic E-state index is 11.7. The molecule has 0 aliphatic rings. The number of carbonyl (C=O) groups excluding carboxylic acids is 1. The van der Waals surface area contributed by atoms with Crippen molar-refractivity contribution in [3.05, 3.63) is 24.0 Å². The second kappa shape index (κ2) is 8.34. The third kappa shape index (κ3) is 5.41. The van der Waals surface area contributed by atoms with Crippen LogP contribution in [0.15, 0.2) is 18.3 Å². The zero-order valence-corrected chi connectivity index (χ0v) is 11.8. The Morgan fingerprint density at radius 1 is 1.45 bits per heavy atom. The molecule has 0 aromatic carbocycles. The molecule has 0 aliphatic carbocycles. The number of hydrogen-bond acceptors (Lipinski definition) is 4. The van der Waals surface area contributed by atoms with E-state index in [2.05, 4.69) is 5.32 Å². The fourth-order valence-corrected chi connectivity index (χ4v) is 1.70. The Morgan fingerprint density at radius 2 is 2.20 bits per heavy atom. The molecule has 0 bridgehead atoms. The molecule has 1 aromatic heterocycles. The molecule has 112 valence electrons. The number of aromatic nitrogens is 1. The Hall–Kier alpha value is -1.86. The number of aromatic carboxylic acids is 1. The van der Waals surface area contributed by atoms with E-state index in [-0.39, 0.29) is 18.1 Å². The molecule has 0 saturated heterocycles. The summed E-state index contributed by atoms with van der Waals surface area (Å²) in [4.78, 5) is 24.7.